The molecule has 2 aromatic heterocycles. The summed E-state index contributed by atoms with van der Waals surface area (Å²) in [5.74, 6) is 0. The van der Waals surface area contributed by atoms with E-state index >= 15 is 0 Å². The summed E-state index contributed by atoms with van der Waals surface area (Å²) in [5, 5.41) is 3.03. The average Bonchev–Trinajstić information content (AvgIpc) is 2.87. The number of benzene rings is 1. The van der Waals surface area contributed by atoms with Crippen LogP contribution in [0.4, 0.5) is 0 Å². The van der Waals surface area contributed by atoms with Gasteiger partial charge in [-0.15, -0.1) is 0 Å². The van der Waals surface area contributed by atoms with Crippen molar-refractivity contribution in [3.8, 4) is 0 Å². The Balaban J connectivity index is 2.08. The van der Waals surface area contributed by atoms with Crippen LogP contribution in [0.25, 0.3) is 5.65 Å². The maximum atomic E-state index is 12.7. The molecule has 0 amide bonds. The molecule has 0 saturated carbocycles. The standard InChI is InChI=1S/C17H20N4O/c1-12-15(9-13-7-5-4-6-8-13)17(22)21-16(19-12)14(10-18-21)11-20(2)3/h4-8,10,18H,9,11H2,1-3H3. The summed E-state index contributed by atoms with van der Waals surface area (Å²) in [5.41, 5.74) is 4.38. The Morgan fingerprint density at radius 1 is 1.23 bits per heavy atom. The SMILES string of the molecule is Cc1nc2c(CN(C)C)c[nH]n2c(=O)c1Cc1ccccc1. The summed E-state index contributed by atoms with van der Waals surface area (Å²) < 4.78 is 1.55. The van der Waals surface area contributed by atoms with Crippen LogP contribution in [0.2, 0.25) is 0 Å². The van der Waals surface area contributed by atoms with E-state index in [4.69, 9.17) is 0 Å². The van der Waals surface area contributed by atoms with Gasteiger partial charge in [0.25, 0.3) is 5.56 Å². The molecule has 0 bridgehead atoms. The van der Waals surface area contributed by atoms with Gasteiger partial charge in [-0.05, 0) is 26.6 Å². The highest BCUT2D eigenvalue weighted by Crippen LogP contribution is 2.13. The molecule has 1 aromatic carbocycles. The molecular weight excluding hydrogens is 276 g/mol. The first-order chi connectivity index (χ1) is 10.6. The number of aromatic nitrogens is 3. The molecule has 0 aliphatic heterocycles. The molecule has 0 spiro atoms. The molecule has 3 aromatic rings. The number of hydrogen-bond acceptors (Lipinski definition) is 3. The second kappa shape index (κ2) is 5.77. The predicted octanol–water partition coefficient (Wildman–Crippen LogP) is 1.98. The van der Waals surface area contributed by atoms with Crippen LogP contribution >= 0.6 is 0 Å². The number of nitrogens with one attached hydrogen (secondary N) is 1. The van der Waals surface area contributed by atoms with Crippen molar-refractivity contribution in [2.24, 2.45) is 0 Å². The van der Waals surface area contributed by atoms with Crippen LogP contribution in [-0.4, -0.2) is 33.6 Å². The summed E-state index contributed by atoms with van der Waals surface area (Å²) in [6.45, 7) is 2.66. The van der Waals surface area contributed by atoms with Gasteiger partial charge in [-0.3, -0.25) is 9.89 Å². The van der Waals surface area contributed by atoms with Crippen LogP contribution in [0.5, 0.6) is 0 Å². The minimum absolute atomic E-state index is 0.0173. The van der Waals surface area contributed by atoms with E-state index in [1.165, 1.54) is 0 Å². The molecule has 3 rings (SSSR count). The van der Waals surface area contributed by atoms with E-state index in [-0.39, 0.29) is 5.56 Å². The maximum Gasteiger partial charge on any atom is 0.276 e. The van der Waals surface area contributed by atoms with Gasteiger partial charge in [0, 0.05) is 36.0 Å². The van der Waals surface area contributed by atoms with Gasteiger partial charge in [-0.2, -0.15) is 0 Å². The van der Waals surface area contributed by atoms with E-state index < -0.39 is 0 Å². The van der Waals surface area contributed by atoms with E-state index in [1.54, 1.807) is 4.52 Å². The zero-order valence-corrected chi connectivity index (χ0v) is 13.1. The second-order valence-electron chi connectivity index (χ2n) is 5.84. The van der Waals surface area contributed by atoms with E-state index in [0.29, 0.717) is 12.1 Å². The van der Waals surface area contributed by atoms with Crippen molar-refractivity contribution in [3.63, 3.8) is 0 Å². The number of nitrogens with zero attached hydrogens (tertiary/aromatic N) is 3. The van der Waals surface area contributed by atoms with E-state index in [0.717, 1.165) is 28.9 Å². The number of rotatable bonds is 4. The van der Waals surface area contributed by atoms with Crippen molar-refractivity contribution >= 4 is 5.65 Å². The lowest BCUT2D eigenvalue weighted by Crippen LogP contribution is -2.22. The predicted molar refractivity (Wildman–Crippen MR) is 87.2 cm³/mol. The Morgan fingerprint density at radius 3 is 2.64 bits per heavy atom. The van der Waals surface area contributed by atoms with Gasteiger partial charge in [0.1, 0.15) is 0 Å². The normalized spacial score (nSPS) is 11.5. The molecule has 5 nitrogen and oxygen atoms in total. The van der Waals surface area contributed by atoms with Crippen LogP contribution in [0, 0.1) is 6.92 Å². The molecule has 0 saturated heterocycles. The largest absolute Gasteiger partial charge is 0.305 e. The van der Waals surface area contributed by atoms with Crippen molar-refractivity contribution in [3.05, 3.63) is 69.3 Å². The van der Waals surface area contributed by atoms with Crippen LogP contribution in [0.1, 0.15) is 22.4 Å². The Hall–Kier alpha value is -2.40. The molecule has 0 aliphatic rings. The molecule has 114 valence electrons. The van der Waals surface area contributed by atoms with Crippen LogP contribution in [0.15, 0.2) is 41.3 Å². The minimum atomic E-state index is -0.0173. The average molecular weight is 296 g/mol. The van der Waals surface area contributed by atoms with Gasteiger partial charge in [-0.1, -0.05) is 30.3 Å². The number of fused-ring (bicyclic) bond motifs is 1. The lowest BCUT2D eigenvalue weighted by atomic mass is 10.1. The first-order valence-electron chi connectivity index (χ1n) is 7.33. The summed E-state index contributed by atoms with van der Waals surface area (Å²) in [6, 6.07) is 10.00. The van der Waals surface area contributed by atoms with Gasteiger partial charge in [-0.25, -0.2) is 9.50 Å². The third kappa shape index (κ3) is 2.67. The highest BCUT2D eigenvalue weighted by Gasteiger charge is 2.14. The zero-order chi connectivity index (χ0) is 15.7. The van der Waals surface area contributed by atoms with Crippen LogP contribution < -0.4 is 5.56 Å². The smallest absolute Gasteiger partial charge is 0.276 e. The quantitative estimate of drug-likeness (QED) is 0.801. The van der Waals surface area contributed by atoms with E-state index in [9.17, 15) is 4.79 Å². The zero-order valence-electron chi connectivity index (χ0n) is 13.1. The molecule has 2 heterocycles. The van der Waals surface area contributed by atoms with Gasteiger partial charge in [0.05, 0.1) is 0 Å². The molecule has 1 N–H and O–H groups in total. The minimum Gasteiger partial charge on any atom is -0.305 e. The van der Waals surface area contributed by atoms with Crippen molar-refractivity contribution < 1.29 is 0 Å². The Bertz CT molecular complexity index is 846. The monoisotopic (exact) mass is 296 g/mol. The molecular formula is C17H20N4O. The van der Waals surface area contributed by atoms with E-state index in [1.807, 2.05) is 57.5 Å². The van der Waals surface area contributed by atoms with Crippen molar-refractivity contribution in [1.82, 2.24) is 19.5 Å². The first kappa shape index (κ1) is 14.5. The summed E-state index contributed by atoms with van der Waals surface area (Å²) in [7, 11) is 4.00. The van der Waals surface area contributed by atoms with Crippen molar-refractivity contribution in [2.75, 3.05) is 14.1 Å². The number of hydrogen-bond donors (Lipinski definition) is 1. The topological polar surface area (TPSA) is 53.4 Å². The van der Waals surface area contributed by atoms with Crippen LogP contribution in [-0.2, 0) is 13.0 Å². The third-order valence-corrected chi connectivity index (χ3v) is 3.75. The van der Waals surface area contributed by atoms with Gasteiger partial charge >= 0.3 is 0 Å². The van der Waals surface area contributed by atoms with Gasteiger partial charge in [0.15, 0.2) is 5.65 Å². The lowest BCUT2D eigenvalue weighted by Gasteiger charge is -2.09. The lowest BCUT2D eigenvalue weighted by molar-refractivity contribution is 0.403. The highest BCUT2D eigenvalue weighted by molar-refractivity contribution is 5.48. The number of H-pyrrole nitrogens is 1. The fourth-order valence-electron chi connectivity index (χ4n) is 2.66. The van der Waals surface area contributed by atoms with Gasteiger partial charge in [0.2, 0.25) is 0 Å². The second-order valence-corrected chi connectivity index (χ2v) is 5.84. The molecule has 0 unspecified atom stereocenters. The summed E-state index contributed by atoms with van der Waals surface area (Å²) in [6.07, 6.45) is 2.46. The molecule has 0 atom stereocenters. The van der Waals surface area contributed by atoms with Gasteiger partial charge < -0.3 is 4.90 Å². The van der Waals surface area contributed by atoms with Crippen molar-refractivity contribution in [1.29, 1.82) is 0 Å². The fraction of sp³-hybridized carbons (Fsp3) is 0.294. The maximum absolute atomic E-state index is 12.7. The Kier molecular flexibility index (Phi) is 3.81. The fourth-order valence-corrected chi connectivity index (χ4v) is 2.66. The first-order valence-corrected chi connectivity index (χ1v) is 7.33. The number of aromatic amines is 1. The summed E-state index contributed by atoms with van der Waals surface area (Å²) >= 11 is 0. The summed E-state index contributed by atoms with van der Waals surface area (Å²) in [4.78, 5) is 19.4. The Labute approximate surface area is 129 Å². The highest BCUT2D eigenvalue weighted by atomic mass is 16.1. The molecule has 0 fully saturated rings. The molecule has 5 heteroatoms. The number of aryl methyl sites for hydroxylation is 1. The third-order valence-electron chi connectivity index (χ3n) is 3.75. The molecule has 0 radical (unpaired) electrons. The Morgan fingerprint density at radius 2 is 1.95 bits per heavy atom. The van der Waals surface area contributed by atoms with E-state index in [2.05, 4.69) is 15.0 Å². The molecule has 0 aliphatic carbocycles. The van der Waals surface area contributed by atoms with Crippen LogP contribution in [0.3, 0.4) is 0 Å². The van der Waals surface area contributed by atoms with Crippen molar-refractivity contribution in [2.45, 2.75) is 19.9 Å². The molecule has 22 heavy (non-hydrogen) atoms.